The molecule has 0 radical (unpaired) electrons. The first kappa shape index (κ1) is 17.0. The molecule has 0 bridgehead atoms. The molecular formula is C12H20N2O7. The van der Waals surface area contributed by atoms with E-state index in [0.29, 0.717) is 19.3 Å². The number of nitrogens with zero attached hydrogens (tertiary/aromatic N) is 2. The fourth-order valence-corrected chi connectivity index (χ4v) is 3.06. The van der Waals surface area contributed by atoms with E-state index in [1.54, 1.807) is 0 Å². The van der Waals surface area contributed by atoms with Gasteiger partial charge in [0.25, 0.3) is 0 Å². The number of imide groups is 1. The van der Waals surface area contributed by atoms with Crippen molar-refractivity contribution in [1.29, 1.82) is 0 Å². The van der Waals surface area contributed by atoms with Gasteiger partial charge >= 0.3 is 18.3 Å². The van der Waals surface area contributed by atoms with E-state index < -0.39 is 36.5 Å². The third kappa shape index (κ3) is 3.35. The summed E-state index contributed by atoms with van der Waals surface area (Å²) in [6.07, 6.45) is -2.71. The maximum atomic E-state index is 11.3. The molecule has 0 heterocycles. The molecule has 0 aromatic rings. The summed E-state index contributed by atoms with van der Waals surface area (Å²) in [7, 11) is 0. The second-order valence-electron chi connectivity index (χ2n) is 5.22. The lowest BCUT2D eigenvalue weighted by atomic mass is 9.77. The largest absolute Gasteiger partial charge is 0.465 e. The highest BCUT2D eigenvalue weighted by atomic mass is 16.4. The predicted octanol–water partition coefficient (Wildman–Crippen LogP) is 1.32. The number of rotatable bonds is 4. The van der Waals surface area contributed by atoms with E-state index in [2.05, 4.69) is 0 Å². The van der Waals surface area contributed by atoms with Crippen LogP contribution in [0.1, 0.15) is 32.6 Å². The zero-order valence-electron chi connectivity index (χ0n) is 11.7. The molecule has 2 atom stereocenters. The minimum Gasteiger partial charge on any atom is -0.465 e. The second kappa shape index (κ2) is 6.61. The van der Waals surface area contributed by atoms with Gasteiger partial charge in [-0.2, -0.15) is 0 Å². The van der Waals surface area contributed by atoms with Crippen molar-refractivity contribution < 1.29 is 34.8 Å². The number of amides is 3. The molecule has 9 nitrogen and oxygen atoms in total. The zero-order chi connectivity index (χ0) is 16.2. The number of aliphatic hydroxyl groups is 1. The molecule has 0 aliphatic heterocycles. The molecule has 3 amide bonds. The molecule has 21 heavy (non-hydrogen) atoms. The highest BCUT2D eigenvalue weighted by Gasteiger charge is 2.50. The Morgan fingerprint density at radius 1 is 1.10 bits per heavy atom. The van der Waals surface area contributed by atoms with Gasteiger partial charge in [0.05, 0.1) is 18.2 Å². The van der Waals surface area contributed by atoms with Gasteiger partial charge in [-0.25, -0.2) is 19.3 Å². The summed E-state index contributed by atoms with van der Waals surface area (Å²) in [5, 5.41) is 36.6. The van der Waals surface area contributed by atoms with Gasteiger partial charge in [-0.3, -0.25) is 0 Å². The summed E-state index contributed by atoms with van der Waals surface area (Å²) >= 11 is 0. The van der Waals surface area contributed by atoms with Gasteiger partial charge in [-0.1, -0.05) is 12.8 Å². The van der Waals surface area contributed by atoms with Crippen LogP contribution >= 0.6 is 0 Å². The summed E-state index contributed by atoms with van der Waals surface area (Å²) in [5.74, 6) is 0. The molecule has 4 N–H and O–H groups in total. The summed E-state index contributed by atoms with van der Waals surface area (Å²) in [4.78, 5) is 35.1. The van der Waals surface area contributed by atoms with Gasteiger partial charge in [0, 0.05) is 6.54 Å². The lowest BCUT2D eigenvalue weighted by Gasteiger charge is -2.48. The van der Waals surface area contributed by atoms with Crippen LogP contribution in [0.25, 0.3) is 0 Å². The Labute approximate surface area is 121 Å². The predicted molar refractivity (Wildman–Crippen MR) is 70.4 cm³/mol. The van der Waals surface area contributed by atoms with Crippen molar-refractivity contribution in [2.45, 2.75) is 44.2 Å². The van der Waals surface area contributed by atoms with Crippen LogP contribution in [-0.2, 0) is 0 Å². The van der Waals surface area contributed by atoms with Crippen LogP contribution in [0.5, 0.6) is 0 Å². The van der Waals surface area contributed by atoms with E-state index in [9.17, 15) is 19.5 Å². The molecule has 1 saturated carbocycles. The van der Waals surface area contributed by atoms with Gasteiger partial charge in [-0.15, -0.1) is 0 Å². The minimum atomic E-state index is -1.63. The Kier molecular flexibility index (Phi) is 5.36. The topological polar surface area (TPSA) is 139 Å². The van der Waals surface area contributed by atoms with Crippen molar-refractivity contribution >= 4 is 18.3 Å². The zero-order valence-corrected chi connectivity index (χ0v) is 11.7. The van der Waals surface area contributed by atoms with E-state index in [1.165, 1.54) is 6.92 Å². The Morgan fingerprint density at radius 3 is 2.10 bits per heavy atom. The van der Waals surface area contributed by atoms with Gasteiger partial charge in [0.2, 0.25) is 0 Å². The lowest BCUT2D eigenvalue weighted by molar-refractivity contribution is -0.00442. The maximum Gasteiger partial charge on any atom is 0.417 e. The summed E-state index contributed by atoms with van der Waals surface area (Å²) < 4.78 is 0. The smallest absolute Gasteiger partial charge is 0.417 e. The van der Waals surface area contributed by atoms with Gasteiger partial charge in [0.15, 0.2) is 0 Å². The van der Waals surface area contributed by atoms with Crippen LogP contribution in [0, 0.1) is 0 Å². The monoisotopic (exact) mass is 304 g/mol. The Hall–Kier alpha value is -2.03. The first-order valence-corrected chi connectivity index (χ1v) is 6.62. The second-order valence-corrected chi connectivity index (χ2v) is 5.22. The normalized spacial score (nSPS) is 25.1. The number of carbonyl (C=O) groups is 3. The summed E-state index contributed by atoms with van der Waals surface area (Å²) in [6, 6.07) is -0.817. The van der Waals surface area contributed by atoms with Gasteiger partial charge < -0.3 is 25.3 Å². The Balaban J connectivity index is 3.22. The summed E-state index contributed by atoms with van der Waals surface area (Å²) in [6.45, 7) is 0.827. The maximum absolute atomic E-state index is 11.3. The molecule has 9 heteroatoms. The van der Waals surface area contributed by atoms with Gasteiger partial charge in [0.1, 0.15) is 0 Å². The Morgan fingerprint density at radius 2 is 1.67 bits per heavy atom. The van der Waals surface area contributed by atoms with E-state index in [0.717, 1.165) is 4.90 Å². The van der Waals surface area contributed by atoms with E-state index in [1.807, 2.05) is 0 Å². The van der Waals surface area contributed by atoms with Crippen molar-refractivity contribution in [2.24, 2.45) is 0 Å². The van der Waals surface area contributed by atoms with Crippen LogP contribution in [-0.4, -0.2) is 73.2 Å². The molecule has 0 aromatic carbocycles. The van der Waals surface area contributed by atoms with Crippen LogP contribution in [0.2, 0.25) is 0 Å². The molecule has 0 aromatic heterocycles. The van der Waals surface area contributed by atoms with E-state index >= 15 is 0 Å². The van der Waals surface area contributed by atoms with Crippen molar-refractivity contribution in [3.63, 3.8) is 0 Å². The average molecular weight is 304 g/mol. The number of aliphatic hydroxyl groups excluding tert-OH is 1. The molecule has 0 saturated heterocycles. The molecule has 1 aliphatic rings. The minimum absolute atomic E-state index is 0.192. The number of hydrogen-bond acceptors (Lipinski definition) is 4. The first-order chi connectivity index (χ1) is 9.75. The molecule has 120 valence electrons. The molecular weight excluding hydrogens is 284 g/mol. The highest BCUT2D eigenvalue weighted by molar-refractivity contribution is 5.87. The molecule has 2 unspecified atom stereocenters. The first-order valence-electron chi connectivity index (χ1n) is 6.62. The van der Waals surface area contributed by atoms with E-state index in [4.69, 9.17) is 15.3 Å². The van der Waals surface area contributed by atoms with Crippen molar-refractivity contribution in [1.82, 2.24) is 9.80 Å². The van der Waals surface area contributed by atoms with Gasteiger partial charge in [-0.05, 0) is 19.8 Å². The van der Waals surface area contributed by atoms with Crippen molar-refractivity contribution in [3.8, 4) is 0 Å². The van der Waals surface area contributed by atoms with Crippen LogP contribution < -0.4 is 0 Å². The Bertz CT molecular complexity index is 414. The molecule has 1 rings (SSSR count). The average Bonchev–Trinajstić information content (AvgIpc) is 2.35. The standard InChI is InChI=1S/C12H20N2O7/c1-12(14(10(18)19)11(20)21)5-3-2-4-8(12)13(6-7-15)9(16)17/h8,15H,2-7H2,1H3,(H,16,17)(H,18,19)(H,20,21). The number of carboxylic acid groups (broad SMARTS) is 3. The SMILES string of the molecule is CC1(N(C(=O)O)C(=O)O)CCCCC1N(CCO)C(=O)O. The van der Waals surface area contributed by atoms with Crippen LogP contribution in [0.15, 0.2) is 0 Å². The van der Waals surface area contributed by atoms with Crippen molar-refractivity contribution in [2.75, 3.05) is 13.2 Å². The third-order valence-electron chi connectivity index (χ3n) is 3.98. The summed E-state index contributed by atoms with van der Waals surface area (Å²) in [5.41, 5.74) is -1.37. The quantitative estimate of drug-likeness (QED) is 0.614. The lowest BCUT2D eigenvalue weighted by Crippen LogP contribution is -2.65. The molecule has 1 fully saturated rings. The van der Waals surface area contributed by atoms with E-state index in [-0.39, 0.29) is 17.9 Å². The van der Waals surface area contributed by atoms with Crippen LogP contribution in [0.3, 0.4) is 0 Å². The highest BCUT2D eigenvalue weighted by Crippen LogP contribution is 2.37. The number of hydrogen-bond donors (Lipinski definition) is 4. The molecule has 1 aliphatic carbocycles. The molecule has 0 spiro atoms. The fourth-order valence-electron chi connectivity index (χ4n) is 3.06. The van der Waals surface area contributed by atoms with Crippen molar-refractivity contribution in [3.05, 3.63) is 0 Å². The third-order valence-corrected chi connectivity index (χ3v) is 3.98. The fraction of sp³-hybridized carbons (Fsp3) is 0.750. The van der Waals surface area contributed by atoms with Crippen LogP contribution in [0.4, 0.5) is 14.4 Å².